The van der Waals surface area contributed by atoms with Gasteiger partial charge in [0.25, 0.3) is 0 Å². The molecule has 2 rings (SSSR count). The van der Waals surface area contributed by atoms with Crippen LogP contribution in [0.4, 0.5) is 5.69 Å². The predicted molar refractivity (Wildman–Crippen MR) is 75.9 cm³/mol. The van der Waals surface area contributed by atoms with E-state index in [9.17, 15) is 9.59 Å². The van der Waals surface area contributed by atoms with E-state index in [1.165, 1.54) is 4.90 Å². The predicted octanol–water partition coefficient (Wildman–Crippen LogP) is 1.71. The van der Waals surface area contributed by atoms with E-state index in [0.717, 1.165) is 5.56 Å². The molecule has 4 heteroatoms. The summed E-state index contributed by atoms with van der Waals surface area (Å²) in [6.45, 7) is 3.65. The minimum Gasteiger partial charge on any atom is -0.384 e. The van der Waals surface area contributed by atoms with Gasteiger partial charge in [-0.3, -0.25) is 14.5 Å². The van der Waals surface area contributed by atoms with Crippen LogP contribution in [0, 0.1) is 17.3 Å². The van der Waals surface area contributed by atoms with Crippen LogP contribution in [0.2, 0.25) is 0 Å². The van der Waals surface area contributed by atoms with Crippen molar-refractivity contribution in [3.05, 3.63) is 29.8 Å². The molecule has 0 unspecified atom stereocenters. The van der Waals surface area contributed by atoms with Gasteiger partial charge in [-0.05, 0) is 29.7 Å². The lowest BCUT2D eigenvalue weighted by molar-refractivity contribution is -0.132. The number of carbonyl (C=O) groups is 2. The molecule has 1 aliphatic rings. The SMILES string of the molecule is CC1(C)CC(=O)N(c2ccc(C#CCO)cc2)C(=O)C1. The first-order chi connectivity index (χ1) is 9.43. The summed E-state index contributed by atoms with van der Waals surface area (Å²) in [5, 5.41) is 8.63. The summed E-state index contributed by atoms with van der Waals surface area (Å²) in [7, 11) is 0. The van der Waals surface area contributed by atoms with E-state index in [-0.39, 0.29) is 23.8 Å². The minimum atomic E-state index is -0.267. The highest BCUT2D eigenvalue weighted by Crippen LogP contribution is 2.33. The van der Waals surface area contributed by atoms with Gasteiger partial charge >= 0.3 is 0 Å². The van der Waals surface area contributed by atoms with Crippen molar-refractivity contribution in [2.45, 2.75) is 26.7 Å². The Labute approximate surface area is 118 Å². The van der Waals surface area contributed by atoms with Crippen molar-refractivity contribution in [1.82, 2.24) is 0 Å². The van der Waals surface area contributed by atoms with E-state index in [0.29, 0.717) is 18.5 Å². The first-order valence-corrected chi connectivity index (χ1v) is 6.48. The molecular weight excluding hydrogens is 254 g/mol. The zero-order chi connectivity index (χ0) is 14.8. The first-order valence-electron chi connectivity index (χ1n) is 6.48. The number of amides is 2. The minimum absolute atomic E-state index is 0.166. The van der Waals surface area contributed by atoms with Crippen LogP contribution < -0.4 is 4.90 Å². The van der Waals surface area contributed by atoms with Crippen molar-refractivity contribution in [1.29, 1.82) is 0 Å². The lowest BCUT2D eigenvalue weighted by Gasteiger charge is -2.34. The number of carbonyl (C=O) groups excluding carboxylic acids is 2. The first kappa shape index (κ1) is 14.3. The maximum atomic E-state index is 12.1. The van der Waals surface area contributed by atoms with E-state index in [4.69, 9.17) is 5.11 Å². The van der Waals surface area contributed by atoms with Gasteiger partial charge in [0.2, 0.25) is 11.8 Å². The molecule has 104 valence electrons. The van der Waals surface area contributed by atoms with Crippen molar-refractivity contribution < 1.29 is 14.7 Å². The topological polar surface area (TPSA) is 57.6 Å². The zero-order valence-electron chi connectivity index (χ0n) is 11.6. The molecule has 1 heterocycles. The fourth-order valence-corrected chi connectivity index (χ4v) is 2.30. The molecule has 0 aromatic heterocycles. The van der Waals surface area contributed by atoms with Gasteiger partial charge < -0.3 is 5.11 Å². The molecular formula is C16H17NO3. The number of anilines is 1. The Morgan fingerprint density at radius 2 is 1.70 bits per heavy atom. The van der Waals surface area contributed by atoms with Crippen LogP contribution >= 0.6 is 0 Å². The summed E-state index contributed by atoms with van der Waals surface area (Å²) in [5.74, 6) is 4.99. The Kier molecular flexibility index (Phi) is 3.91. The van der Waals surface area contributed by atoms with E-state index in [1.54, 1.807) is 24.3 Å². The van der Waals surface area contributed by atoms with Gasteiger partial charge in [-0.1, -0.05) is 25.7 Å². The second-order valence-electron chi connectivity index (χ2n) is 5.65. The number of piperidine rings is 1. The summed E-state index contributed by atoms with van der Waals surface area (Å²) in [4.78, 5) is 25.5. The Morgan fingerprint density at radius 3 is 2.20 bits per heavy atom. The van der Waals surface area contributed by atoms with Crippen molar-refractivity contribution >= 4 is 17.5 Å². The third-order valence-electron chi connectivity index (χ3n) is 3.20. The van der Waals surface area contributed by atoms with Gasteiger partial charge in [-0.15, -0.1) is 0 Å². The molecule has 1 fully saturated rings. The molecule has 0 spiro atoms. The molecule has 0 radical (unpaired) electrons. The molecule has 1 aromatic carbocycles. The van der Waals surface area contributed by atoms with Crippen molar-refractivity contribution in [3.8, 4) is 11.8 Å². The average Bonchev–Trinajstić information content (AvgIpc) is 2.35. The normalized spacial score (nSPS) is 17.6. The van der Waals surface area contributed by atoms with Gasteiger partial charge in [0.15, 0.2) is 0 Å². The quantitative estimate of drug-likeness (QED) is 0.625. The maximum absolute atomic E-state index is 12.1. The smallest absolute Gasteiger partial charge is 0.234 e. The number of benzene rings is 1. The molecule has 1 saturated heterocycles. The van der Waals surface area contributed by atoms with Crippen LogP contribution in [0.15, 0.2) is 24.3 Å². The van der Waals surface area contributed by atoms with E-state index >= 15 is 0 Å². The standard InChI is InChI=1S/C16H17NO3/c1-16(2)10-14(19)17(15(20)11-16)13-7-5-12(6-8-13)4-3-9-18/h5-8,18H,9-11H2,1-2H3. The lowest BCUT2D eigenvalue weighted by atomic mass is 9.81. The summed E-state index contributed by atoms with van der Waals surface area (Å²) in [6, 6.07) is 6.88. The highest BCUT2D eigenvalue weighted by Gasteiger charge is 2.38. The van der Waals surface area contributed by atoms with Crippen molar-refractivity contribution in [3.63, 3.8) is 0 Å². The van der Waals surface area contributed by atoms with Crippen molar-refractivity contribution in [2.75, 3.05) is 11.5 Å². The van der Waals surface area contributed by atoms with Crippen LogP contribution in [0.1, 0.15) is 32.3 Å². The third kappa shape index (κ3) is 3.06. The lowest BCUT2D eigenvalue weighted by Crippen LogP contribution is -2.46. The fourth-order valence-electron chi connectivity index (χ4n) is 2.30. The second kappa shape index (κ2) is 5.48. The summed E-state index contributed by atoms with van der Waals surface area (Å²) >= 11 is 0. The number of nitrogens with zero attached hydrogens (tertiary/aromatic N) is 1. The van der Waals surface area contributed by atoms with Gasteiger partial charge in [0.1, 0.15) is 6.61 Å². The largest absolute Gasteiger partial charge is 0.384 e. The third-order valence-corrected chi connectivity index (χ3v) is 3.20. The monoisotopic (exact) mass is 271 g/mol. The Morgan fingerprint density at radius 1 is 1.15 bits per heavy atom. The molecule has 2 amide bonds. The van der Waals surface area contributed by atoms with Crippen LogP contribution in [-0.4, -0.2) is 23.5 Å². The van der Waals surface area contributed by atoms with Gasteiger partial charge in [0.05, 0.1) is 5.69 Å². The molecule has 0 atom stereocenters. The molecule has 1 N–H and O–H groups in total. The van der Waals surface area contributed by atoms with Gasteiger partial charge in [0, 0.05) is 18.4 Å². The van der Waals surface area contributed by atoms with E-state index < -0.39 is 0 Å². The molecule has 0 bridgehead atoms. The number of hydrogen-bond acceptors (Lipinski definition) is 3. The number of aliphatic hydroxyl groups is 1. The molecule has 4 nitrogen and oxygen atoms in total. The number of aliphatic hydroxyl groups excluding tert-OH is 1. The summed E-state index contributed by atoms with van der Waals surface area (Å²) < 4.78 is 0. The Balaban J connectivity index is 2.23. The van der Waals surface area contributed by atoms with Crippen LogP contribution in [-0.2, 0) is 9.59 Å². The second-order valence-corrected chi connectivity index (χ2v) is 5.65. The number of rotatable bonds is 1. The molecule has 1 aromatic rings. The van der Waals surface area contributed by atoms with Crippen LogP contribution in [0.3, 0.4) is 0 Å². The average molecular weight is 271 g/mol. The van der Waals surface area contributed by atoms with Gasteiger partial charge in [-0.25, -0.2) is 0 Å². The van der Waals surface area contributed by atoms with Gasteiger partial charge in [-0.2, -0.15) is 0 Å². The van der Waals surface area contributed by atoms with E-state index in [2.05, 4.69) is 11.8 Å². The molecule has 0 aliphatic carbocycles. The fraction of sp³-hybridized carbons (Fsp3) is 0.375. The highest BCUT2D eigenvalue weighted by atomic mass is 16.2. The number of hydrogen-bond donors (Lipinski definition) is 1. The molecule has 20 heavy (non-hydrogen) atoms. The maximum Gasteiger partial charge on any atom is 0.234 e. The highest BCUT2D eigenvalue weighted by molar-refractivity contribution is 6.16. The van der Waals surface area contributed by atoms with Crippen LogP contribution in [0.5, 0.6) is 0 Å². The zero-order valence-corrected chi connectivity index (χ0v) is 11.6. The van der Waals surface area contributed by atoms with E-state index in [1.807, 2.05) is 13.8 Å². The van der Waals surface area contributed by atoms with Crippen molar-refractivity contribution in [2.24, 2.45) is 5.41 Å². The Hall–Kier alpha value is -2.12. The number of imide groups is 1. The summed E-state index contributed by atoms with van der Waals surface area (Å²) in [6.07, 6.45) is 0.732. The Bertz CT molecular complexity index is 570. The molecule has 1 aliphatic heterocycles. The summed E-state index contributed by atoms with van der Waals surface area (Å²) in [5.41, 5.74) is 1.04. The molecule has 0 saturated carbocycles. The van der Waals surface area contributed by atoms with Crippen LogP contribution in [0.25, 0.3) is 0 Å².